The number of aryl methyl sites for hydroxylation is 2. The number of fused-ring (bicyclic) bond motifs is 2. The summed E-state index contributed by atoms with van der Waals surface area (Å²) in [5, 5.41) is 2.15. The first kappa shape index (κ1) is 22.8. The van der Waals surface area contributed by atoms with Gasteiger partial charge in [0.1, 0.15) is 10.0 Å². The predicted octanol–water partition coefficient (Wildman–Crippen LogP) is 9.54. The van der Waals surface area contributed by atoms with Crippen LogP contribution in [0.25, 0.3) is 53.7 Å². The van der Waals surface area contributed by atoms with Gasteiger partial charge in [-0.2, -0.15) is 0 Å². The minimum absolute atomic E-state index is 1.04. The quantitative estimate of drug-likeness (QED) is 0.212. The van der Waals surface area contributed by atoms with E-state index in [0.29, 0.717) is 0 Å². The summed E-state index contributed by atoms with van der Waals surface area (Å²) in [6, 6.07) is 30.5. The maximum absolute atomic E-state index is 4.87. The lowest BCUT2D eigenvalue weighted by Gasteiger charge is -1.99. The Morgan fingerprint density at radius 1 is 0.556 bits per heavy atom. The van der Waals surface area contributed by atoms with E-state index in [1.165, 1.54) is 31.7 Å². The molecule has 0 fully saturated rings. The summed E-state index contributed by atoms with van der Waals surface area (Å²) in [7, 11) is 0. The van der Waals surface area contributed by atoms with Gasteiger partial charge >= 0.3 is 0 Å². The zero-order valence-corrected chi connectivity index (χ0v) is 22.0. The molecule has 0 unspecified atom stereocenters. The van der Waals surface area contributed by atoms with E-state index in [1.807, 2.05) is 0 Å². The van der Waals surface area contributed by atoms with Crippen LogP contribution in [-0.4, -0.2) is 9.97 Å². The molecule has 0 N–H and O–H groups in total. The van der Waals surface area contributed by atoms with E-state index in [9.17, 15) is 0 Å². The maximum atomic E-state index is 4.87. The molecule has 6 aromatic rings. The molecule has 0 spiro atoms. The van der Waals surface area contributed by atoms with Crippen molar-refractivity contribution >= 4 is 55.3 Å². The molecule has 2 nitrogen and oxygen atoms in total. The first-order valence-corrected chi connectivity index (χ1v) is 14.0. The SMILES string of the molecule is CCc1ccc2sc(-c3ccc(C=Cc4ccc(-c5nc6cc(CC)ccc6s5)cc4)cc3)nc2c1. The second kappa shape index (κ2) is 9.81. The van der Waals surface area contributed by atoms with Gasteiger partial charge in [0.2, 0.25) is 0 Å². The fraction of sp³-hybridized carbons (Fsp3) is 0.125. The smallest absolute Gasteiger partial charge is 0.124 e. The summed E-state index contributed by atoms with van der Waals surface area (Å²) in [5.74, 6) is 0. The van der Waals surface area contributed by atoms with Gasteiger partial charge in [0, 0.05) is 11.1 Å². The predicted molar refractivity (Wildman–Crippen MR) is 158 cm³/mol. The molecule has 176 valence electrons. The van der Waals surface area contributed by atoms with Crippen LogP contribution in [0.3, 0.4) is 0 Å². The van der Waals surface area contributed by atoms with Gasteiger partial charge in [-0.1, -0.05) is 86.7 Å². The van der Waals surface area contributed by atoms with Crippen molar-refractivity contribution in [2.45, 2.75) is 26.7 Å². The first-order chi connectivity index (χ1) is 17.7. The van der Waals surface area contributed by atoms with Gasteiger partial charge in [0.05, 0.1) is 20.4 Å². The van der Waals surface area contributed by atoms with E-state index in [4.69, 9.17) is 9.97 Å². The minimum atomic E-state index is 1.04. The Hall–Kier alpha value is -3.60. The summed E-state index contributed by atoms with van der Waals surface area (Å²) >= 11 is 3.51. The van der Waals surface area contributed by atoms with Crippen molar-refractivity contribution in [3.05, 3.63) is 107 Å². The Bertz CT molecular complexity index is 1560. The van der Waals surface area contributed by atoms with Gasteiger partial charge in [-0.3, -0.25) is 0 Å². The van der Waals surface area contributed by atoms with Gasteiger partial charge in [0.25, 0.3) is 0 Å². The highest BCUT2D eigenvalue weighted by Crippen LogP contribution is 2.32. The number of nitrogens with zero attached hydrogens (tertiary/aromatic N) is 2. The number of benzene rings is 4. The average Bonchev–Trinajstić information content (AvgIpc) is 3.56. The number of hydrogen-bond donors (Lipinski definition) is 0. The lowest BCUT2D eigenvalue weighted by Crippen LogP contribution is -1.80. The Morgan fingerprint density at radius 3 is 1.36 bits per heavy atom. The molecule has 0 radical (unpaired) electrons. The number of rotatable bonds is 6. The van der Waals surface area contributed by atoms with Crippen LogP contribution >= 0.6 is 22.7 Å². The summed E-state index contributed by atoms with van der Waals surface area (Å²) in [6.07, 6.45) is 6.39. The molecule has 0 aliphatic rings. The highest BCUT2D eigenvalue weighted by molar-refractivity contribution is 7.22. The lowest BCUT2D eigenvalue weighted by atomic mass is 10.1. The Kier molecular flexibility index (Phi) is 6.22. The summed E-state index contributed by atoms with van der Waals surface area (Å²) in [5.41, 5.74) is 9.54. The third-order valence-corrected chi connectivity index (χ3v) is 8.67. The third-order valence-electron chi connectivity index (χ3n) is 6.50. The van der Waals surface area contributed by atoms with Crippen molar-refractivity contribution in [1.29, 1.82) is 0 Å². The van der Waals surface area contributed by atoms with Gasteiger partial charge in [-0.05, 0) is 59.4 Å². The monoisotopic (exact) mass is 502 g/mol. The number of hydrogen-bond acceptors (Lipinski definition) is 4. The van der Waals surface area contributed by atoms with Crippen LogP contribution in [0.5, 0.6) is 0 Å². The summed E-state index contributed by atoms with van der Waals surface area (Å²) in [4.78, 5) is 9.73. The fourth-order valence-electron chi connectivity index (χ4n) is 4.30. The van der Waals surface area contributed by atoms with E-state index in [1.54, 1.807) is 22.7 Å². The van der Waals surface area contributed by atoms with Crippen molar-refractivity contribution < 1.29 is 0 Å². The van der Waals surface area contributed by atoms with Gasteiger partial charge in [-0.25, -0.2) is 9.97 Å². The largest absolute Gasteiger partial charge is 0.236 e. The molecule has 0 bridgehead atoms. The van der Waals surface area contributed by atoms with Crippen molar-refractivity contribution in [2.24, 2.45) is 0 Å². The third kappa shape index (κ3) is 4.62. The van der Waals surface area contributed by atoms with Crippen LogP contribution in [-0.2, 0) is 12.8 Å². The van der Waals surface area contributed by atoms with E-state index in [0.717, 1.165) is 45.0 Å². The molecule has 0 saturated carbocycles. The maximum Gasteiger partial charge on any atom is 0.124 e. The molecule has 0 aliphatic heterocycles. The van der Waals surface area contributed by atoms with Crippen LogP contribution in [0.1, 0.15) is 36.1 Å². The van der Waals surface area contributed by atoms with Crippen LogP contribution < -0.4 is 0 Å². The van der Waals surface area contributed by atoms with Crippen molar-refractivity contribution in [1.82, 2.24) is 9.97 Å². The second-order valence-corrected chi connectivity index (χ2v) is 11.0. The standard InChI is InChI=1S/C32H26N2S2/c1-3-21-11-17-29-27(19-21)33-31(35-29)25-13-7-23(8-14-25)5-6-24-9-15-26(16-10-24)32-34-28-20-22(4-2)12-18-30(28)36-32/h5-20H,3-4H2,1-2H3. The molecule has 36 heavy (non-hydrogen) atoms. The molecule has 0 amide bonds. The van der Waals surface area contributed by atoms with Crippen molar-refractivity contribution in [3.63, 3.8) is 0 Å². The molecule has 4 aromatic carbocycles. The molecule has 0 aliphatic carbocycles. The topological polar surface area (TPSA) is 25.8 Å². The highest BCUT2D eigenvalue weighted by atomic mass is 32.1. The van der Waals surface area contributed by atoms with Gasteiger partial charge in [-0.15, -0.1) is 22.7 Å². The van der Waals surface area contributed by atoms with Crippen LogP contribution in [0.4, 0.5) is 0 Å². The molecule has 2 heterocycles. The van der Waals surface area contributed by atoms with E-state index in [2.05, 4.69) is 111 Å². The second-order valence-electron chi connectivity index (χ2n) is 8.93. The van der Waals surface area contributed by atoms with E-state index >= 15 is 0 Å². The van der Waals surface area contributed by atoms with E-state index in [-0.39, 0.29) is 0 Å². The van der Waals surface area contributed by atoms with Crippen LogP contribution in [0, 0.1) is 0 Å². The first-order valence-electron chi connectivity index (χ1n) is 12.4. The Balaban J connectivity index is 1.17. The van der Waals surface area contributed by atoms with Gasteiger partial charge < -0.3 is 0 Å². The molecule has 0 atom stereocenters. The number of aromatic nitrogens is 2. The average molecular weight is 503 g/mol. The lowest BCUT2D eigenvalue weighted by molar-refractivity contribution is 1.14. The number of thiazole rings is 2. The van der Waals surface area contributed by atoms with Gasteiger partial charge in [0.15, 0.2) is 0 Å². The molecular formula is C32H26N2S2. The molecule has 6 rings (SSSR count). The highest BCUT2D eigenvalue weighted by Gasteiger charge is 2.08. The fourth-order valence-corrected chi connectivity index (χ4v) is 6.20. The zero-order valence-electron chi connectivity index (χ0n) is 20.4. The Morgan fingerprint density at radius 2 is 0.972 bits per heavy atom. The van der Waals surface area contributed by atoms with Crippen molar-refractivity contribution in [2.75, 3.05) is 0 Å². The van der Waals surface area contributed by atoms with Crippen LogP contribution in [0.15, 0.2) is 84.9 Å². The minimum Gasteiger partial charge on any atom is -0.236 e. The normalized spacial score (nSPS) is 11.7. The summed E-state index contributed by atoms with van der Waals surface area (Å²) in [6.45, 7) is 4.36. The zero-order chi connectivity index (χ0) is 24.5. The van der Waals surface area contributed by atoms with E-state index < -0.39 is 0 Å². The molecule has 0 saturated heterocycles. The molecule has 2 aromatic heterocycles. The molecular weight excluding hydrogens is 477 g/mol. The Labute approximate surface area is 219 Å². The summed E-state index contributed by atoms with van der Waals surface area (Å²) < 4.78 is 2.48. The van der Waals surface area contributed by atoms with Crippen LogP contribution in [0.2, 0.25) is 0 Å². The van der Waals surface area contributed by atoms with Crippen molar-refractivity contribution in [3.8, 4) is 21.1 Å². The molecule has 4 heteroatoms.